The van der Waals surface area contributed by atoms with Crippen LogP contribution < -0.4 is 10.6 Å². The molecule has 2 N–H and O–H groups in total. The van der Waals surface area contributed by atoms with Gasteiger partial charge >= 0.3 is 0 Å². The molecule has 0 unspecified atom stereocenters. The van der Waals surface area contributed by atoms with E-state index >= 15 is 0 Å². The molecule has 122 valence electrons. The van der Waals surface area contributed by atoms with Crippen molar-refractivity contribution in [3.8, 4) is 0 Å². The number of hydrogen-bond acceptors (Lipinski definition) is 2. The molecular formula is C20H26N2O. The van der Waals surface area contributed by atoms with Crippen LogP contribution in [0.4, 0.5) is 5.69 Å². The summed E-state index contributed by atoms with van der Waals surface area (Å²) in [6, 6.07) is 19.8. The minimum atomic E-state index is -0.265. The fourth-order valence-electron chi connectivity index (χ4n) is 2.61. The first-order chi connectivity index (χ1) is 11.1. The number of carbonyl (C=O) groups is 1. The lowest BCUT2D eigenvalue weighted by atomic mass is 9.96. The van der Waals surface area contributed by atoms with Crippen LogP contribution in [-0.4, -0.2) is 11.9 Å². The molecule has 0 fully saturated rings. The van der Waals surface area contributed by atoms with Crippen LogP contribution in [0.3, 0.4) is 0 Å². The van der Waals surface area contributed by atoms with Gasteiger partial charge in [0.25, 0.3) is 0 Å². The molecule has 0 radical (unpaired) electrons. The summed E-state index contributed by atoms with van der Waals surface area (Å²) in [5, 5.41) is 6.42. The van der Waals surface area contributed by atoms with Crippen molar-refractivity contribution in [2.24, 2.45) is 5.92 Å². The van der Waals surface area contributed by atoms with Crippen molar-refractivity contribution < 1.29 is 4.79 Å². The van der Waals surface area contributed by atoms with Crippen LogP contribution in [-0.2, 0) is 4.79 Å². The number of nitrogens with one attached hydrogen (secondary N) is 2. The van der Waals surface area contributed by atoms with E-state index in [9.17, 15) is 4.79 Å². The van der Waals surface area contributed by atoms with Crippen molar-refractivity contribution in [1.82, 2.24) is 5.32 Å². The molecule has 2 atom stereocenters. The number of benzene rings is 2. The zero-order valence-corrected chi connectivity index (χ0v) is 14.1. The largest absolute Gasteiger partial charge is 0.325 e. The van der Waals surface area contributed by atoms with Gasteiger partial charge in [0.05, 0.1) is 6.04 Å². The zero-order chi connectivity index (χ0) is 16.7. The second kappa shape index (κ2) is 8.49. The Hall–Kier alpha value is -2.13. The predicted octanol–water partition coefficient (Wildman–Crippen LogP) is 4.39. The number of hydrogen-bond donors (Lipinski definition) is 2. The molecule has 2 aromatic carbocycles. The Labute approximate surface area is 139 Å². The summed E-state index contributed by atoms with van der Waals surface area (Å²) in [7, 11) is 0. The van der Waals surface area contributed by atoms with E-state index < -0.39 is 0 Å². The van der Waals surface area contributed by atoms with E-state index in [1.165, 1.54) is 5.56 Å². The third-order valence-electron chi connectivity index (χ3n) is 3.79. The van der Waals surface area contributed by atoms with Crippen LogP contribution in [0, 0.1) is 5.92 Å². The van der Waals surface area contributed by atoms with Gasteiger partial charge in [-0.05, 0) is 37.0 Å². The first-order valence-electron chi connectivity index (χ1n) is 8.23. The summed E-state index contributed by atoms with van der Waals surface area (Å²) in [6.45, 7) is 6.31. The molecule has 0 bridgehead atoms. The van der Waals surface area contributed by atoms with Crippen LogP contribution in [0.5, 0.6) is 0 Å². The lowest BCUT2D eigenvalue weighted by molar-refractivity contribution is -0.118. The van der Waals surface area contributed by atoms with Gasteiger partial charge in [0, 0.05) is 11.7 Å². The molecule has 0 aliphatic heterocycles. The Bertz CT molecular complexity index is 596. The Morgan fingerprint density at radius 3 is 2.04 bits per heavy atom. The number of amides is 1. The van der Waals surface area contributed by atoms with Crippen molar-refractivity contribution in [2.75, 3.05) is 5.32 Å². The van der Waals surface area contributed by atoms with E-state index in [-0.39, 0.29) is 18.0 Å². The number of anilines is 1. The molecule has 3 heteroatoms. The molecule has 0 aromatic heterocycles. The molecule has 0 spiro atoms. The third-order valence-corrected chi connectivity index (χ3v) is 3.79. The molecule has 3 nitrogen and oxygen atoms in total. The normalized spacial score (nSPS) is 13.6. The lowest BCUT2D eigenvalue weighted by Crippen LogP contribution is -2.40. The van der Waals surface area contributed by atoms with Gasteiger partial charge in [-0.1, -0.05) is 62.4 Å². The van der Waals surface area contributed by atoms with Gasteiger partial charge in [-0.25, -0.2) is 0 Å². The quantitative estimate of drug-likeness (QED) is 0.796. The molecule has 0 aliphatic carbocycles. The average molecular weight is 310 g/mol. The van der Waals surface area contributed by atoms with Crippen molar-refractivity contribution in [3.05, 3.63) is 66.2 Å². The minimum Gasteiger partial charge on any atom is -0.325 e. The first kappa shape index (κ1) is 17.2. The highest BCUT2D eigenvalue weighted by molar-refractivity contribution is 5.94. The molecule has 2 aromatic rings. The highest BCUT2D eigenvalue weighted by Gasteiger charge is 2.20. The minimum absolute atomic E-state index is 0.0131. The smallest absolute Gasteiger partial charge is 0.241 e. The van der Waals surface area contributed by atoms with Gasteiger partial charge < -0.3 is 5.32 Å². The summed E-state index contributed by atoms with van der Waals surface area (Å²) in [5.41, 5.74) is 2.05. The Kier molecular flexibility index (Phi) is 6.36. The van der Waals surface area contributed by atoms with Crippen LogP contribution in [0.2, 0.25) is 0 Å². The maximum atomic E-state index is 12.4. The van der Waals surface area contributed by atoms with Gasteiger partial charge in [0.2, 0.25) is 5.91 Å². The van der Waals surface area contributed by atoms with Crippen molar-refractivity contribution in [2.45, 2.75) is 39.3 Å². The molecule has 0 saturated heterocycles. The van der Waals surface area contributed by atoms with E-state index in [1.807, 2.05) is 55.5 Å². The molecule has 0 aliphatic rings. The van der Waals surface area contributed by atoms with Gasteiger partial charge in [0.1, 0.15) is 0 Å². The van der Waals surface area contributed by atoms with Crippen LogP contribution >= 0.6 is 0 Å². The SMILES string of the molecule is CC(C)C[C@H](N[C@@H](C)C(=O)Nc1ccccc1)c1ccccc1. The van der Waals surface area contributed by atoms with E-state index in [4.69, 9.17) is 0 Å². The average Bonchev–Trinajstić information content (AvgIpc) is 2.55. The molecule has 0 saturated carbocycles. The number of carbonyl (C=O) groups excluding carboxylic acids is 1. The molecule has 1 amide bonds. The van der Waals surface area contributed by atoms with Crippen molar-refractivity contribution >= 4 is 11.6 Å². The van der Waals surface area contributed by atoms with Crippen LogP contribution in [0.15, 0.2) is 60.7 Å². The summed E-state index contributed by atoms with van der Waals surface area (Å²) < 4.78 is 0. The van der Waals surface area contributed by atoms with E-state index in [0.717, 1.165) is 12.1 Å². The monoisotopic (exact) mass is 310 g/mol. The van der Waals surface area contributed by atoms with Gasteiger partial charge in [-0.3, -0.25) is 10.1 Å². The number of para-hydroxylation sites is 1. The Balaban J connectivity index is 2.02. The fraction of sp³-hybridized carbons (Fsp3) is 0.350. The highest BCUT2D eigenvalue weighted by Crippen LogP contribution is 2.22. The summed E-state index contributed by atoms with van der Waals surface area (Å²) in [4.78, 5) is 12.4. The van der Waals surface area contributed by atoms with E-state index in [2.05, 4.69) is 36.6 Å². The zero-order valence-electron chi connectivity index (χ0n) is 14.1. The van der Waals surface area contributed by atoms with Crippen LogP contribution in [0.25, 0.3) is 0 Å². The highest BCUT2D eigenvalue weighted by atomic mass is 16.2. The lowest BCUT2D eigenvalue weighted by Gasteiger charge is -2.25. The second-order valence-corrected chi connectivity index (χ2v) is 6.34. The van der Waals surface area contributed by atoms with E-state index in [0.29, 0.717) is 5.92 Å². The fourth-order valence-corrected chi connectivity index (χ4v) is 2.61. The summed E-state index contributed by atoms with van der Waals surface area (Å²) in [6.07, 6.45) is 0.993. The molecule has 23 heavy (non-hydrogen) atoms. The summed E-state index contributed by atoms with van der Waals surface area (Å²) in [5.74, 6) is 0.540. The van der Waals surface area contributed by atoms with Gasteiger partial charge in [-0.2, -0.15) is 0 Å². The Morgan fingerprint density at radius 2 is 1.48 bits per heavy atom. The van der Waals surface area contributed by atoms with E-state index in [1.54, 1.807) is 0 Å². The summed E-state index contributed by atoms with van der Waals surface area (Å²) >= 11 is 0. The maximum absolute atomic E-state index is 12.4. The van der Waals surface area contributed by atoms with Crippen molar-refractivity contribution in [3.63, 3.8) is 0 Å². The van der Waals surface area contributed by atoms with Crippen molar-refractivity contribution in [1.29, 1.82) is 0 Å². The topological polar surface area (TPSA) is 41.1 Å². The first-order valence-corrected chi connectivity index (χ1v) is 8.23. The second-order valence-electron chi connectivity index (χ2n) is 6.34. The number of rotatable bonds is 7. The third kappa shape index (κ3) is 5.53. The van der Waals surface area contributed by atoms with Crippen LogP contribution in [0.1, 0.15) is 38.8 Å². The Morgan fingerprint density at radius 1 is 0.913 bits per heavy atom. The van der Waals surface area contributed by atoms with Gasteiger partial charge in [-0.15, -0.1) is 0 Å². The maximum Gasteiger partial charge on any atom is 0.241 e. The molecule has 0 heterocycles. The van der Waals surface area contributed by atoms with Gasteiger partial charge in [0.15, 0.2) is 0 Å². The molecule has 2 rings (SSSR count). The molecular weight excluding hydrogens is 284 g/mol. The standard InChI is InChI=1S/C20H26N2O/c1-15(2)14-19(17-10-6-4-7-11-17)21-16(3)20(23)22-18-12-8-5-9-13-18/h4-13,15-16,19,21H,14H2,1-3H3,(H,22,23)/t16-,19-/m0/s1. The predicted molar refractivity (Wildman–Crippen MR) is 96.3 cm³/mol.